The van der Waals surface area contributed by atoms with Crippen LogP contribution in [0.15, 0.2) is 0 Å². The van der Waals surface area contributed by atoms with Crippen molar-refractivity contribution >= 4 is 39.5 Å². The summed E-state index contributed by atoms with van der Waals surface area (Å²) in [6.07, 6.45) is 31.0. The van der Waals surface area contributed by atoms with Gasteiger partial charge in [-0.05, 0) is 37.5 Å². The Bertz CT molecular complexity index is 1540. The minimum Gasteiger partial charge on any atom is -0.462 e. The van der Waals surface area contributed by atoms with Gasteiger partial charge in [-0.3, -0.25) is 37.3 Å². The zero-order valence-corrected chi connectivity index (χ0v) is 51.0. The first-order chi connectivity index (χ1) is 36.9. The van der Waals surface area contributed by atoms with Gasteiger partial charge in [0, 0.05) is 25.7 Å². The monoisotopic (exact) mass is 1140 g/mol. The molecule has 4 unspecified atom stereocenters. The van der Waals surface area contributed by atoms with Crippen LogP contribution in [-0.4, -0.2) is 96.7 Å². The number of rotatable bonds is 57. The molecule has 0 aromatic heterocycles. The van der Waals surface area contributed by atoms with E-state index in [-0.39, 0.29) is 25.7 Å². The molecule has 0 spiro atoms. The van der Waals surface area contributed by atoms with Crippen molar-refractivity contribution in [2.75, 3.05) is 39.6 Å². The fourth-order valence-corrected chi connectivity index (χ4v) is 9.99. The summed E-state index contributed by atoms with van der Waals surface area (Å²) in [5.74, 6) is -0.655. The smallest absolute Gasteiger partial charge is 0.462 e. The zero-order chi connectivity index (χ0) is 57.3. The van der Waals surface area contributed by atoms with Crippen LogP contribution in [0.3, 0.4) is 0 Å². The minimum absolute atomic E-state index is 0.104. The average Bonchev–Trinajstić information content (AvgIpc) is 3.40. The maximum atomic E-state index is 12.9. The molecule has 456 valence electrons. The Hall–Kier alpha value is -1.94. The molecule has 0 aromatic carbocycles. The largest absolute Gasteiger partial charge is 0.472 e. The number of unbranched alkanes of at least 4 members (excludes halogenated alkanes) is 25. The van der Waals surface area contributed by atoms with E-state index in [9.17, 15) is 43.2 Å². The summed E-state index contributed by atoms with van der Waals surface area (Å²) in [7, 11) is -9.87. The van der Waals surface area contributed by atoms with Gasteiger partial charge in [0.25, 0.3) is 0 Å². The van der Waals surface area contributed by atoms with Gasteiger partial charge in [-0.25, -0.2) is 9.13 Å². The van der Waals surface area contributed by atoms with Crippen LogP contribution >= 0.6 is 15.6 Å². The first-order valence-corrected chi connectivity index (χ1v) is 33.6. The maximum absolute atomic E-state index is 12.9. The summed E-state index contributed by atoms with van der Waals surface area (Å²) in [5.41, 5.74) is 0. The molecule has 0 bridgehead atoms. The van der Waals surface area contributed by atoms with E-state index in [0.717, 1.165) is 115 Å². The summed E-state index contributed by atoms with van der Waals surface area (Å²) in [4.78, 5) is 71.7. The highest BCUT2D eigenvalue weighted by atomic mass is 31.2. The van der Waals surface area contributed by atoms with E-state index in [1.165, 1.54) is 83.5 Å². The fraction of sp³-hybridized carbons (Fsp3) is 0.931. The van der Waals surface area contributed by atoms with E-state index in [4.69, 9.17) is 37.0 Å². The lowest BCUT2D eigenvalue weighted by Crippen LogP contribution is -2.30. The van der Waals surface area contributed by atoms with Gasteiger partial charge in [0.1, 0.15) is 19.3 Å². The molecule has 17 nitrogen and oxygen atoms in total. The van der Waals surface area contributed by atoms with Crippen LogP contribution in [0.1, 0.15) is 279 Å². The quantitative estimate of drug-likeness (QED) is 0.0222. The van der Waals surface area contributed by atoms with Crippen molar-refractivity contribution in [2.45, 2.75) is 297 Å². The average molecular weight is 1140 g/mol. The third-order valence-corrected chi connectivity index (χ3v) is 15.8. The Balaban J connectivity index is 5.20. The Morgan fingerprint density at radius 1 is 0.364 bits per heavy atom. The van der Waals surface area contributed by atoms with Crippen molar-refractivity contribution in [3.05, 3.63) is 0 Å². The number of carbonyl (C=O) groups is 4. The van der Waals surface area contributed by atoms with Gasteiger partial charge in [0.05, 0.1) is 26.4 Å². The third kappa shape index (κ3) is 50.7. The highest BCUT2D eigenvalue weighted by Gasteiger charge is 2.30. The van der Waals surface area contributed by atoms with Crippen LogP contribution in [0, 0.1) is 11.8 Å². The van der Waals surface area contributed by atoms with E-state index in [2.05, 4.69) is 41.5 Å². The van der Waals surface area contributed by atoms with Crippen molar-refractivity contribution < 1.29 is 80.2 Å². The molecule has 19 heteroatoms. The van der Waals surface area contributed by atoms with Crippen LogP contribution in [0.4, 0.5) is 0 Å². The van der Waals surface area contributed by atoms with E-state index in [0.29, 0.717) is 25.7 Å². The first kappa shape index (κ1) is 75.1. The van der Waals surface area contributed by atoms with Crippen LogP contribution in [0.5, 0.6) is 0 Å². The van der Waals surface area contributed by atoms with Gasteiger partial charge in [-0.1, -0.05) is 228 Å². The standard InChI is InChI=1S/C58H112O17P2/c1-7-11-13-15-16-17-18-22-30-36-42-57(62)74-53(46-68-55(60)40-34-26-14-12-8-2)48-72-76(64,65)70-44-52(59)45-71-77(66,67)73-49-54(47-69-56(61)41-35-29-25-24-28-33-39-51(6)10-4)75-58(63)43-37-31-23-20-19-21-27-32-38-50(5)9-3/h50-54,59H,7-49H2,1-6H3,(H,64,65)(H,66,67)/t50?,51?,52-,53+,54+/m0/s1. The molecule has 0 rings (SSSR count). The van der Waals surface area contributed by atoms with Gasteiger partial charge in [-0.2, -0.15) is 0 Å². The zero-order valence-electron chi connectivity index (χ0n) is 49.2. The third-order valence-electron chi connectivity index (χ3n) is 13.9. The van der Waals surface area contributed by atoms with Crippen molar-refractivity contribution in [1.82, 2.24) is 0 Å². The molecule has 0 saturated heterocycles. The number of aliphatic hydroxyl groups excluding tert-OH is 1. The summed E-state index contributed by atoms with van der Waals surface area (Å²) >= 11 is 0. The molecule has 7 atom stereocenters. The number of esters is 4. The number of ether oxygens (including phenoxy) is 4. The lowest BCUT2D eigenvalue weighted by Gasteiger charge is -2.21. The molecule has 3 N–H and O–H groups in total. The van der Waals surface area contributed by atoms with Gasteiger partial charge in [0.2, 0.25) is 0 Å². The normalized spacial score (nSPS) is 15.2. The number of phosphoric acid groups is 2. The Kier molecular flexibility index (Phi) is 49.7. The molecule has 0 heterocycles. The van der Waals surface area contributed by atoms with Gasteiger partial charge in [-0.15, -0.1) is 0 Å². The molecule has 0 aliphatic heterocycles. The fourth-order valence-electron chi connectivity index (χ4n) is 8.41. The Morgan fingerprint density at radius 2 is 0.623 bits per heavy atom. The number of hydrogen-bond donors (Lipinski definition) is 3. The molecule has 0 saturated carbocycles. The molecule has 77 heavy (non-hydrogen) atoms. The first-order valence-electron chi connectivity index (χ1n) is 30.6. The van der Waals surface area contributed by atoms with Gasteiger partial charge >= 0.3 is 39.5 Å². The molecule has 0 aliphatic carbocycles. The van der Waals surface area contributed by atoms with Crippen LogP contribution < -0.4 is 0 Å². The second kappa shape index (κ2) is 51.0. The van der Waals surface area contributed by atoms with Crippen LogP contribution in [-0.2, 0) is 65.4 Å². The number of phosphoric ester groups is 2. The van der Waals surface area contributed by atoms with Crippen molar-refractivity contribution in [3.63, 3.8) is 0 Å². The molecular formula is C58H112O17P2. The van der Waals surface area contributed by atoms with E-state index >= 15 is 0 Å². The minimum atomic E-state index is -4.94. The Morgan fingerprint density at radius 3 is 0.922 bits per heavy atom. The van der Waals surface area contributed by atoms with E-state index in [1.54, 1.807) is 0 Å². The molecule has 0 radical (unpaired) electrons. The SMILES string of the molecule is CCCCCCCCCCCCC(=O)O[C@H](COC(=O)CCCCCCC)COP(=O)(O)OC[C@H](O)COP(=O)(O)OC[C@@H](COC(=O)CCCCCCCCC(C)CC)OC(=O)CCCCCCCCCCC(C)CC. The Labute approximate surface area is 467 Å². The number of aliphatic hydroxyl groups is 1. The predicted octanol–water partition coefficient (Wildman–Crippen LogP) is 15.3. The maximum Gasteiger partial charge on any atom is 0.472 e. The lowest BCUT2D eigenvalue weighted by atomic mass is 9.99. The van der Waals surface area contributed by atoms with Crippen molar-refractivity contribution in [2.24, 2.45) is 11.8 Å². The molecular weight excluding hydrogens is 1030 g/mol. The van der Waals surface area contributed by atoms with Crippen LogP contribution in [0.2, 0.25) is 0 Å². The topological polar surface area (TPSA) is 237 Å². The highest BCUT2D eigenvalue weighted by Crippen LogP contribution is 2.45. The number of carbonyl (C=O) groups excluding carboxylic acids is 4. The van der Waals surface area contributed by atoms with Crippen LogP contribution in [0.25, 0.3) is 0 Å². The summed E-state index contributed by atoms with van der Waals surface area (Å²) in [6.45, 7) is 9.30. The van der Waals surface area contributed by atoms with Crippen molar-refractivity contribution in [1.29, 1.82) is 0 Å². The highest BCUT2D eigenvalue weighted by molar-refractivity contribution is 7.47. The van der Waals surface area contributed by atoms with Crippen molar-refractivity contribution in [3.8, 4) is 0 Å². The lowest BCUT2D eigenvalue weighted by molar-refractivity contribution is -0.161. The second-order valence-corrected chi connectivity index (χ2v) is 24.4. The second-order valence-electron chi connectivity index (χ2n) is 21.5. The van der Waals surface area contributed by atoms with Gasteiger partial charge < -0.3 is 33.8 Å². The summed E-state index contributed by atoms with van der Waals surface area (Å²) in [6, 6.07) is 0. The molecule has 0 fully saturated rings. The molecule has 0 aromatic rings. The predicted molar refractivity (Wildman–Crippen MR) is 303 cm³/mol. The molecule has 0 amide bonds. The van der Waals surface area contributed by atoms with E-state index in [1.807, 2.05) is 0 Å². The summed E-state index contributed by atoms with van der Waals surface area (Å²) in [5, 5.41) is 10.5. The molecule has 0 aliphatic rings. The van der Waals surface area contributed by atoms with E-state index < -0.39 is 97.5 Å². The summed E-state index contributed by atoms with van der Waals surface area (Å²) < 4.78 is 67.5. The number of hydrogen-bond acceptors (Lipinski definition) is 15. The van der Waals surface area contributed by atoms with Gasteiger partial charge in [0.15, 0.2) is 12.2 Å².